The molecule has 168 valence electrons. The largest absolute Gasteiger partial charge is 0.493 e. The molecule has 2 aliphatic heterocycles. The number of ether oxygens (including phenoxy) is 4. The minimum absolute atomic E-state index is 0.109. The second-order valence-electron chi connectivity index (χ2n) is 8.15. The van der Waals surface area contributed by atoms with Crippen molar-refractivity contribution in [3.8, 4) is 23.0 Å². The van der Waals surface area contributed by atoms with E-state index in [9.17, 15) is 9.59 Å². The number of benzene rings is 2. The summed E-state index contributed by atoms with van der Waals surface area (Å²) in [4.78, 5) is 28.4. The molecule has 5 rings (SSSR count). The van der Waals surface area contributed by atoms with Gasteiger partial charge in [-0.2, -0.15) is 0 Å². The molecule has 1 N–H and O–H groups in total. The van der Waals surface area contributed by atoms with Crippen molar-refractivity contribution >= 4 is 17.5 Å². The molecule has 8 nitrogen and oxygen atoms in total. The average molecular weight is 438 g/mol. The molecule has 0 aromatic heterocycles. The molecule has 32 heavy (non-hydrogen) atoms. The molecule has 0 radical (unpaired) electrons. The highest BCUT2D eigenvalue weighted by Gasteiger charge is 2.39. The summed E-state index contributed by atoms with van der Waals surface area (Å²) in [6, 6.07) is 9.85. The van der Waals surface area contributed by atoms with Gasteiger partial charge in [-0.15, -0.1) is 0 Å². The van der Waals surface area contributed by atoms with E-state index >= 15 is 0 Å². The lowest BCUT2D eigenvalue weighted by atomic mass is 10.0. The first-order valence-electron chi connectivity index (χ1n) is 11.0. The van der Waals surface area contributed by atoms with Crippen LogP contribution in [0.3, 0.4) is 0 Å². The summed E-state index contributed by atoms with van der Waals surface area (Å²) in [7, 11) is 1.54. The maximum atomic E-state index is 13.6. The summed E-state index contributed by atoms with van der Waals surface area (Å²) in [6.07, 6.45) is 4.07. The molecule has 2 aromatic carbocycles. The summed E-state index contributed by atoms with van der Waals surface area (Å²) in [5, 5.41) is 3.15. The monoisotopic (exact) mass is 438 g/mol. The topological polar surface area (TPSA) is 86.3 Å². The average Bonchev–Trinajstić information content (AvgIpc) is 3.27. The molecule has 0 unspecified atom stereocenters. The third-order valence-electron chi connectivity index (χ3n) is 6.14. The molecule has 2 amide bonds. The summed E-state index contributed by atoms with van der Waals surface area (Å²) in [5.74, 6) is 1.50. The Morgan fingerprint density at radius 2 is 1.84 bits per heavy atom. The van der Waals surface area contributed by atoms with E-state index in [4.69, 9.17) is 18.9 Å². The summed E-state index contributed by atoms with van der Waals surface area (Å²) < 4.78 is 22.6. The Kier molecular flexibility index (Phi) is 5.51. The normalized spacial score (nSPS) is 20.2. The van der Waals surface area contributed by atoms with Gasteiger partial charge in [-0.25, -0.2) is 0 Å². The van der Waals surface area contributed by atoms with E-state index in [-0.39, 0.29) is 24.5 Å². The molecule has 2 aromatic rings. The van der Waals surface area contributed by atoms with Crippen molar-refractivity contribution < 1.29 is 28.5 Å². The van der Waals surface area contributed by atoms with Crippen molar-refractivity contribution in [2.24, 2.45) is 0 Å². The molecular weight excluding hydrogens is 412 g/mol. The Bertz CT molecular complexity index is 1030. The zero-order valence-corrected chi connectivity index (χ0v) is 18.0. The Morgan fingerprint density at radius 3 is 2.62 bits per heavy atom. The van der Waals surface area contributed by atoms with E-state index in [1.165, 1.54) is 12.0 Å². The Hall–Kier alpha value is -3.42. The number of methoxy groups -OCH3 is 1. The summed E-state index contributed by atoms with van der Waals surface area (Å²) in [5.41, 5.74) is 1.13. The van der Waals surface area contributed by atoms with E-state index in [1.54, 1.807) is 36.4 Å². The zero-order chi connectivity index (χ0) is 22.1. The molecule has 1 atom stereocenters. The number of hydrogen-bond acceptors (Lipinski definition) is 6. The number of carbonyl (C=O) groups is 2. The highest BCUT2D eigenvalue weighted by Crippen LogP contribution is 2.43. The van der Waals surface area contributed by atoms with Crippen molar-refractivity contribution in [1.29, 1.82) is 0 Å². The van der Waals surface area contributed by atoms with Crippen molar-refractivity contribution in [1.82, 2.24) is 5.32 Å². The van der Waals surface area contributed by atoms with E-state index in [1.807, 2.05) is 0 Å². The van der Waals surface area contributed by atoms with Crippen molar-refractivity contribution in [3.05, 3.63) is 42.0 Å². The molecule has 0 bridgehead atoms. The van der Waals surface area contributed by atoms with Gasteiger partial charge in [0, 0.05) is 23.4 Å². The first-order chi connectivity index (χ1) is 15.7. The van der Waals surface area contributed by atoms with Gasteiger partial charge < -0.3 is 24.3 Å². The quantitative estimate of drug-likeness (QED) is 0.790. The minimum Gasteiger partial charge on any atom is -0.493 e. The van der Waals surface area contributed by atoms with E-state index in [2.05, 4.69) is 5.32 Å². The maximum Gasteiger partial charge on any atom is 0.265 e. The van der Waals surface area contributed by atoms with Gasteiger partial charge in [-0.05, 0) is 31.0 Å². The second-order valence-corrected chi connectivity index (χ2v) is 8.15. The molecule has 1 aliphatic carbocycles. The predicted octanol–water partition coefficient (Wildman–Crippen LogP) is 2.99. The first-order valence-corrected chi connectivity index (χ1v) is 11.0. The number of nitrogens with one attached hydrogen (secondary N) is 1. The van der Waals surface area contributed by atoms with Gasteiger partial charge in [0.25, 0.3) is 5.91 Å². The molecule has 8 heteroatoms. The van der Waals surface area contributed by atoms with Crippen LogP contribution in [0.5, 0.6) is 23.0 Å². The lowest BCUT2D eigenvalue weighted by Crippen LogP contribution is -2.46. The van der Waals surface area contributed by atoms with Crippen LogP contribution in [0.1, 0.15) is 37.3 Å². The molecule has 3 aliphatic rings. The number of rotatable bonds is 4. The van der Waals surface area contributed by atoms with Gasteiger partial charge in [-0.3, -0.25) is 14.5 Å². The fourth-order valence-electron chi connectivity index (χ4n) is 4.63. The van der Waals surface area contributed by atoms with Crippen LogP contribution in [-0.2, 0) is 9.59 Å². The first kappa shape index (κ1) is 20.5. The van der Waals surface area contributed by atoms with Crippen LogP contribution >= 0.6 is 0 Å². The lowest BCUT2D eigenvalue weighted by Gasteiger charge is -2.31. The predicted molar refractivity (Wildman–Crippen MR) is 117 cm³/mol. The summed E-state index contributed by atoms with van der Waals surface area (Å²) in [6.45, 7) is 0.691. The van der Waals surface area contributed by atoms with Crippen LogP contribution in [-0.4, -0.2) is 44.8 Å². The molecule has 2 heterocycles. The van der Waals surface area contributed by atoms with Crippen LogP contribution in [0.2, 0.25) is 0 Å². The second kappa shape index (κ2) is 8.61. The highest BCUT2D eigenvalue weighted by atomic mass is 16.6. The zero-order valence-electron chi connectivity index (χ0n) is 18.0. The number of anilines is 1. The lowest BCUT2D eigenvalue weighted by molar-refractivity contribution is -0.127. The number of hydrogen-bond donors (Lipinski definition) is 1. The molecular formula is C24H26N2O6. The molecule has 1 saturated carbocycles. The SMILES string of the molecule is COc1cccc2c1OCC(=O)N(c1ccc3c(c1)OCCO3)[C@@H]2C(=O)NC1CCCC1. The van der Waals surface area contributed by atoms with Crippen LogP contribution in [0.25, 0.3) is 0 Å². The van der Waals surface area contributed by atoms with Crippen LogP contribution < -0.4 is 29.2 Å². The molecule has 0 saturated heterocycles. The van der Waals surface area contributed by atoms with Gasteiger partial charge in [0.2, 0.25) is 5.91 Å². The van der Waals surface area contributed by atoms with Crippen LogP contribution in [0.4, 0.5) is 5.69 Å². The smallest absolute Gasteiger partial charge is 0.265 e. The van der Waals surface area contributed by atoms with Gasteiger partial charge in [0.1, 0.15) is 19.3 Å². The number of fused-ring (bicyclic) bond motifs is 2. The van der Waals surface area contributed by atoms with E-state index in [0.29, 0.717) is 47.5 Å². The maximum absolute atomic E-state index is 13.6. The third-order valence-corrected chi connectivity index (χ3v) is 6.14. The van der Waals surface area contributed by atoms with Gasteiger partial charge in [0.05, 0.1) is 7.11 Å². The number of carbonyl (C=O) groups excluding carboxylic acids is 2. The minimum atomic E-state index is -0.904. The molecule has 1 fully saturated rings. The Morgan fingerprint density at radius 1 is 1.06 bits per heavy atom. The highest BCUT2D eigenvalue weighted by molar-refractivity contribution is 6.03. The van der Waals surface area contributed by atoms with Gasteiger partial charge in [-0.1, -0.05) is 25.0 Å². The van der Waals surface area contributed by atoms with Crippen LogP contribution in [0.15, 0.2) is 36.4 Å². The van der Waals surface area contributed by atoms with Crippen molar-refractivity contribution in [2.45, 2.75) is 37.8 Å². The van der Waals surface area contributed by atoms with Crippen LogP contribution in [0, 0.1) is 0 Å². The Labute approximate surface area is 186 Å². The van der Waals surface area contributed by atoms with Crippen molar-refractivity contribution in [2.75, 3.05) is 31.8 Å². The number of para-hydroxylation sites is 1. The van der Waals surface area contributed by atoms with Crippen molar-refractivity contribution in [3.63, 3.8) is 0 Å². The standard InChI is InChI=1S/C24H26N2O6/c1-29-19-8-4-7-17-22(24(28)25-15-5-2-3-6-15)26(21(27)14-32-23(17)19)16-9-10-18-20(13-16)31-12-11-30-18/h4,7-10,13,15,22H,2-3,5-6,11-12,14H2,1H3,(H,25,28)/t22-/m0/s1. The number of amides is 2. The van der Waals surface area contributed by atoms with Gasteiger partial charge >= 0.3 is 0 Å². The third kappa shape index (κ3) is 3.70. The van der Waals surface area contributed by atoms with E-state index < -0.39 is 6.04 Å². The fraction of sp³-hybridized carbons (Fsp3) is 0.417. The molecule has 0 spiro atoms. The van der Waals surface area contributed by atoms with Gasteiger partial charge in [0.15, 0.2) is 29.6 Å². The summed E-state index contributed by atoms with van der Waals surface area (Å²) >= 11 is 0. The Balaban J connectivity index is 1.60. The fourth-order valence-corrected chi connectivity index (χ4v) is 4.63. The van der Waals surface area contributed by atoms with E-state index in [0.717, 1.165) is 25.7 Å². The number of nitrogens with zero attached hydrogens (tertiary/aromatic N) is 1.